The van der Waals surface area contributed by atoms with Crippen LogP contribution in [0.2, 0.25) is 5.02 Å². The number of benzene rings is 2. The number of thioether (sulfide) groups is 1. The number of non-ortho nitro benzene ring substituents is 1. The van der Waals surface area contributed by atoms with Crippen molar-refractivity contribution in [3.05, 3.63) is 74.1 Å². The maximum absolute atomic E-state index is 12.6. The standard InChI is InChI=1S/C20H16ClN3O4S2/c21-14-5-7-15(8-6-14)22-18(25)2-1-11-23-19(26)17(30-20(23)29)12-13-3-9-16(10-4-13)24(27)28/h3-10,12H,1-2,11H2,(H,22,25)/b17-12-. The quantitative estimate of drug-likeness (QED) is 0.274. The summed E-state index contributed by atoms with van der Waals surface area (Å²) in [5, 5.41) is 14.1. The Morgan fingerprint density at radius 2 is 1.87 bits per heavy atom. The molecule has 1 heterocycles. The number of carbonyl (C=O) groups excluding carboxylic acids is 2. The molecule has 2 amide bonds. The topological polar surface area (TPSA) is 92.5 Å². The number of nitrogens with one attached hydrogen (secondary N) is 1. The molecule has 0 bridgehead atoms. The van der Waals surface area contributed by atoms with E-state index in [2.05, 4.69) is 5.32 Å². The van der Waals surface area contributed by atoms with Gasteiger partial charge in [0.25, 0.3) is 11.6 Å². The summed E-state index contributed by atoms with van der Waals surface area (Å²) < 4.78 is 0.422. The largest absolute Gasteiger partial charge is 0.326 e. The van der Waals surface area contributed by atoms with Crippen LogP contribution in [0.3, 0.4) is 0 Å². The molecule has 1 aliphatic heterocycles. The molecular formula is C20H16ClN3O4S2. The van der Waals surface area contributed by atoms with Crippen molar-refractivity contribution < 1.29 is 14.5 Å². The van der Waals surface area contributed by atoms with Gasteiger partial charge in [0.15, 0.2) is 0 Å². The molecule has 1 saturated heterocycles. The third kappa shape index (κ3) is 5.65. The molecule has 0 atom stereocenters. The fraction of sp³-hybridized carbons (Fsp3) is 0.150. The van der Waals surface area contributed by atoms with Crippen LogP contribution in [0.5, 0.6) is 0 Å². The highest BCUT2D eigenvalue weighted by Crippen LogP contribution is 2.33. The molecule has 3 rings (SSSR count). The highest BCUT2D eigenvalue weighted by Gasteiger charge is 2.31. The minimum atomic E-state index is -0.480. The molecule has 0 spiro atoms. The van der Waals surface area contributed by atoms with Crippen molar-refractivity contribution in [1.29, 1.82) is 0 Å². The molecule has 154 valence electrons. The first-order valence-electron chi connectivity index (χ1n) is 8.89. The fourth-order valence-electron chi connectivity index (χ4n) is 2.69. The van der Waals surface area contributed by atoms with E-state index in [1.807, 2.05) is 0 Å². The van der Waals surface area contributed by atoms with Crippen molar-refractivity contribution >= 4 is 69.2 Å². The maximum atomic E-state index is 12.6. The van der Waals surface area contributed by atoms with Crippen molar-refractivity contribution in [3.8, 4) is 0 Å². The molecule has 0 radical (unpaired) electrons. The van der Waals surface area contributed by atoms with E-state index in [0.717, 1.165) is 0 Å². The Kier molecular flexibility index (Phi) is 7.20. The zero-order chi connectivity index (χ0) is 21.7. The van der Waals surface area contributed by atoms with E-state index in [9.17, 15) is 19.7 Å². The van der Waals surface area contributed by atoms with Crippen LogP contribution >= 0.6 is 35.6 Å². The van der Waals surface area contributed by atoms with E-state index in [-0.39, 0.29) is 23.9 Å². The first-order chi connectivity index (χ1) is 14.3. The van der Waals surface area contributed by atoms with Crippen LogP contribution in [0.4, 0.5) is 11.4 Å². The summed E-state index contributed by atoms with van der Waals surface area (Å²) in [7, 11) is 0. The number of nitrogens with zero attached hydrogens (tertiary/aromatic N) is 2. The number of amides is 2. The van der Waals surface area contributed by atoms with Crippen LogP contribution < -0.4 is 5.32 Å². The zero-order valence-corrected chi connectivity index (χ0v) is 17.9. The monoisotopic (exact) mass is 461 g/mol. The molecule has 1 N–H and O–H groups in total. The van der Waals surface area contributed by atoms with Gasteiger partial charge in [0.05, 0.1) is 9.83 Å². The number of nitro benzene ring substituents is 1. The molecule has 1 fully saturated rings. The van der Waals surface area contributed by atoms with E-state index in [0.29, 0.717) is 38.5 Å². The van der Waals surface area contributed by atoms with Crippen molar-refractivity contribution in [2.24, 2.45) is 0 Å². The first-order valence-corrected chi connectivity index (χ1v) is 10.5. The summed E-state index contributed by atoms with van der Waals surface area (Å²) in [5.41, 5.74) is 1.31. The van der Waals surface area contributed by atoms with Crippen LogP contribution in [-0.4, -0.2) is 32.5 Å². The lowest BCUT2D eigenvalue weighted by atomic mass is 10.2. The van der Waals surface area contributed by atoms with Gasteiger partial charge in [-0.3, -0.25) is 24.6 Å². The van der Waals surface area contributed by atoms with Gasteiger partial charge in [0.1, 0.15) is 4.32 Å². The second-order valence-corrected chi connectivity index (χ2v) is 8.45. The van der Waals surface area contributed by atoms with Crippen molar-refractivity contribution in [3.63, 3.8) is 0 Å². The van der Waals surface area contributed by atoms with Gasteiger partial charge in [-0.15, -0.1) is 0 Å². The lowest BCUT2D eigenvalue weighted by molar-refractivity contribution is -0.384. The first kappa shape index (κ1) is 21.9. The van der Waals surface area contributed by atoms with Gasteiger partial charge >= 0.3 is 0 Å². The summed E-state index contributed by atoms with van der Waals surface area (Å²) in [6.45, 7) is 0.330. The van der Waals surface area contributed by atoms with Crippen molar-refractivity contribution in [1.82, 2.24) is 4.90 Å². The molecular weight excluding hydrogens is 446 g/mol. The zero-order valence-electron chi connectivity index (χ0n) is 15.5. The van der Waals surface area contributed by atoms with E-state index >= 15 is 0 Å². The number of carbonyl (C=O) groups is 2. The van der Waals surface area contributed by atoms with Crippen LogP contribution in [0.1, 0.15) is 18.4 Å². The minimum Gasteiger partial charge on any atom is -0.326 e. The Hall–Kier alpha value is -2.75. The highest BCUT2D eigenvalue weighted by molar-refractivity contribution is 8.26. The van der Waals surface area contributed by atoms with Gasteiger partial charge in [0.2, 0.25) is 5.91 Å². The highest BCUT2D eigenvalue weighted by atomic mass is 35.5. The lowest BCUT2D eigenvalue weighted by Crippen LogP contribution is -2.29. The van der Waals surface area contributed by atoms with Crippen LogP contribution in [0.25, 0.3) is 6.08 Å². The third-order valence-corrected chi connectivity index (χ3v) is 5.82. The average Bonchev–Trinajstić information content (AvgIpc) is 2.97. The van der Waals surface area contributed by atoms with Gasteiger partial charge in [-0.1, -0.05) is 35.6 Å². The van der Waals surface area contributed by atoms with Crippen LogP contribution in [0.15, 0.2) is 53.4 Å². The number of hydrogen-bond acceptors (Lipinski definition) is 6. The molecule has 0 aliphatic carbocycles. The molecule has 2 aromatic carbocycles. The Labute approximate surface area is 187 Å². The van der Waals surface area contributed by atoms with E-state index in [1.165, 1.54) is 28.8 Å². The second-order valence-electron chi connectivity index (χ2n) is 6.34. The number of nitro groups is 1. The Bertz CT molecular complexity index is 1020. The normalized spacial score (nSPS) is 15.0. The predicted molar refractivity (Wildman–Crippen MR) is 122 cm³/mol. The summed E-state index contributed by atoms with van der Waals surface area (Å²) in [6.07, 6.45) is 2.34. The molecule has 0 aromatic heterocycles. The number of hydrogen-bond donors (Lipinski definition) is 1. The lowest BCUT2D eigenvalue weighted by Gasteiger charge is -2.14. The summed E-state index contributed by atoms with van der Waals surface area (Å²) in [6, 6.07) is 12.7. The van der Waals surface area contributed by atoms with E-state index in [1.54, 1.807) is 42.5 Å². The number of anilines is 1. The summed E-state index contributed by atoms with van der Waals surface area (Å²) in [4.78, 5) is 36.9. The Morgan fingerprint density at radius 3 is 2.50 bits per heavy atom. The van der Waals surface area contributed by atoms with Crippen LogP contribution in [-0.2, 0) is 9.59 Å². The molecule has 10 heteroatoms. The second kappa shape index (κ2) is 9.84. The van der Waals surface area contributed by atoms with Crippen molar-refractivity contribution in [2.45, 2.75) is 12.8 Å². The van der Waals surface area contributed by atoms with E-state index < -0.39 is 4.92 Å². The number of rotatable bonds is 7. The van der Waals surface area contributed by atoms with Crippen molar-refractivity contribution in [2.75, 3.05) is 11.9 Å². The third-order valence-electron chi connectivity index (χ3n) is 4.19. The fourth-order valence-corrected chi connectivity index (χ4v) is 4.13. The van der Waals surface area contributed by atoms with Gasteiger partial charge in [-0.05, 0) is 54.5 Å². The Balaban J connectivity index is 1.53. The molecule has 1 aliphatic rings. The van der Waals surface area contributed by atoms with Gasteiger partial charge in [-0.2, -0.15) is 0 Å². The molecule has 0 unspecified atom stereocenters. The predicted octanol–water partition coefficient (Wildman–Crippen LogP) is 4.87. The average molecular weight is 462 g/mol. The van der Waals surface area contributed by atoms with Gasteiger partial charge < -0.3 is 5.32 Å². The summed E-state index contributed by atoms with van der Waals surface area (Å²) >= 11 is 12.3. The van der Waals surface area contributed by atoms with Crippen LogP contribution in [0, 0.1) is 10.1 Å². The molecule has 0 saturated carbocycles. The van der Waals surface area contributed by atoms with Gasteiger partial charge in [0, 0.05) is 35.8 Å². The molecule has 30 heavy (non-hydrogen) atoms. The minimum absolute atomic E-state index is 0.0171. The maximum Gasteiger partial charge on any atom is 0.269 e. The SMILES string of the molecule is O=C(CCCN1C(=O)/C(=C/c2ccc([N+](=O)[O-])cc2)SC1=S)Nc1ccc(Cl)cc1. The number of thiocarbonyl (C=S) groups is 1. The Morgan fingerprint density at radius 1 is 1.20 bits per heavy atom. The number of halogens is 1. The van der Waals surface area contributed by atoms with E-state index in [4.69, 9.17) is 23.8 Å². The van der Waals surface area contributed by atoms with Gasteiger partial charge in [-0.25, -0.2) is 0 Å². The smallest absolute Gasteiger partial charge is 0.269 e. The molecule has 2 aromatic rings. The molecule has 7 nitrogen and oxygen atoms in total. The summed E-state index contributed by atoms with van der Waals surface area (Å²) in [5.74, 6) is -0.398.